The number of halogens is 2. The van der Waals surface area contributed by atoms with Crippen molar-refractivity contribution in [3.63, 3.8) is 0 Å². The molecule has 1 aromatic heterocycles. The second kappa shape index (κ2) is 5.62. The van der Waals surface area contributed by atoms with Crippen LogP contribution < -0.4 is 0 Å². The van der Waals surface area contributed by atoms with Gasteiger partial charge in [0.15, 0.2) is 0 Å². The maximum atomic E-state index is 11.8. The summed E-state index contributed by atoms with van der Waals surface area (Å²) >= 11 is 6.17. The third-order valence-electron chi connectivity index (χ3n) is 3.40. The first kappa shape index (κ1) is 15.1. The molecule has 1 heterocycles. The van der Waals surface area contributed by atoms with Crippen LogP contribution in [-0.2, 0) is 15.6 Å². The van der Waals surface area contributed by atoms with Gasteiger partial charge in [0.05, 0.1) is 5.69 Å². The molecule has 1 fully saturated rings. The SMILES string of the molecule is CC(C)Cn1nc(C2CCCC2)c(S(=O)(=O)Cl)c1Cl. The summed E-state index contributed by atoms with van der Waals surface area (Å²) in [5.74, 6) is 0.495. The predicted molar refractivity (Wildman–Crippen MR) is 76.3 cm³/mol. The van der Waals surface area contributed by atoms with Crippen molar-refractivity contribution in [2.45, 2.75) is 56.9 Å². The summed E-state index contributed by atoms with van der Waals surface area (Å²) in [6.07, 6.45) is 4.10. The van der Waals surface area contributed by atoms with Crippen LogP contribution in [0.4, 0.5) is 0 Å². The normalized spacial score (nSPS) is 17.5. The molecular formula is C12H18Cl2N2O2S. The van der Waals surface area contributed by atoms with Crippen molar-refractivity contribution in [3.05, 3.63) is 10.8 Å². The van der Waals surface area contributed by atoms with Crippen molar-refractivity contribution in [1.82, 2.24) is 9.78 Å². The zero-order valence-electron chi connectivity index (χ0n) is 11.1. The molecule has 0 saturated heterocycles. The maximum absolute atomic E-state index is 11.8. The molecule has 1 saturated carbocycles. The maximum Gasteiger partial charge on any atom is 0.266 e. The third-order valence-corrected chi connectivity index (χ3v) is 5.25. The van der Waals surface area contributed by atoms with E-state index in [1.807, 2.05) is 13.8 Å². The molecule has 0 N–H and O–H groups in total. The van der Waals surface area contributed by atoms with Crippen LogP contribution in [0.5, 0.6) is 0 Å². The largest absolute Gasteiger partial charge is 0.266 e. The van der Waals surface area contributed by atoms with Gasteiger partial charge in [0.25, 0.3) is 9.05 Å². The fraction of sp³-hybridized carbons (Fsp3) is 0.750. The summed E-state index contributed by atoms with van der Waals surface area (Å²) in [6, 6.07) is 0. The molecule has 2 rings (SSSR count). The van der Waals surface area contributed by atoms with Crippen LogP contribution in [0.25, 0.3) is 0 Å². The number of rotatable bonds is 4. The van der Waals surface area contributed by atoms with Gasteiger partial charge in [-0.2, -0.15) is 5.10 Å². The van der Waals surface area contributed by atoms with Gasteiger partial charge in [-0.3, -0.25) is 4.68 Å². The molecule has 0 aromatic carbocycles. The first-order chi connectivity index (χ1) is 8.80. The lowest BCUT2D eigenvalue weighted by atomic mass is 10.1. The highest BCUT2D eigenvalue weighted by Gasteiger charge is 2.32. The highest BCUT2D eigenvalue weighted by Crippen LogP contribution is 2.40. The standard InChI is InChI=1S/C12H18Cl2N2O2S/c1-8(2)7-16-12(13)11(19(14,17)18)10(15-16)9-5-3-4-6-9/h8-9H,3-7H2,1-2H3. The lowest BCUT2D eigenvalue weighted by Gasteiger charge is -2.07. The van der Waals surface area contributed by atoms with E-state index in [-0.39, 0.29) is 16.0 Å². The van der Waals surface area contributed by atoms with Gasteiger partial charge in [-0.1, -0.05) is 38.3 Å². The summed E-state index contributed by atoms with van der Waals surface area (Å²) in [4.78, 5) is 0.0170. The van der Waals surface area contributed by atoms with E-state index < -0.39 is 9.05 Å². The molecule has 0 unspecified atom stereocenters. The summed E-state index contributed by atoms with van der Waals surface area (Å²) in [7, 11) is 1.67. The van der Waals surface area contributed by atoms with Crippen molar-refractivity contribution in [3.8, 4) is 0 Å². The summed E-state index contributed by atoms with van der Waals surface area (Å²) in [5.41, 5.74) is 0.554. The Kier molecular flexibility index (Phi) is 4.48. The Morgan fingerprint density at radius 3 is 2.42 bits per heavy atom. The fourth-order valence-electron chi connectivity index (χ4n) is 2.60. The molecule has 1 aliphatic rings. The molecule has 108 valence electrons. The van der Waals surface area contributed by atoms with E-state index in [0.29, 0.717) is 18.2 Å². The Bertz CT molecular complexity index is 561. The minimum Gasteiger partial charge on any atom is -0.252 e. The zero-order valence-corrected chi connectivity index (χ0v) is 13.4. The summed E-state index contributed by atoms with van der Waals surface area (Å²) in [6.45, 7) is 4.65. The van der Waals surface area contributed by atoms with Gasteiger partial charge in [0.2, 0.25) is 0 Å². The molecule has 0 amide bonds. The molecule has 19 heavy (non-hydrogen) atoms. The highest BCUT2D eigenvalue weighted by molar-refractivity contribution is 8.13. The Morgan fingerprint density at radius 2 is 1.95 bits per heavy atom. The molecule has 4 nitrogen and oxygen atoms in total. The van der Waals surface area contributed by atoms with Crippen LogP contribution >= 0.6 is 22.3 Å². The average molecular weight is 325 g/mol. The molecule has 0 aliphatic heterocycles. The number of hydrogen-bond acceptors (Lipinski definition) is 3. The Labute approximate surface area is 123 Å². The molecule has 0 radical (unpaired) electrons. The van der Waals surface area contributed by atoms with E-state index in [1.165, 1.54) is 0 Å². The minimum atomic E-state index is -3.86. The first-order valence-corrected chi connectivity index (χ1v) is 9.20. The Hall–Kier alpha value is -0.260. The monoisotopic (exact) mass is 324 g/mol. The second-order valence-corrected chi connectivity index (χ2v) is 8.36. The van der Waals surface area contributed by atoms with Crippen molar-refractivity contribution in [2.24, 2.45) is 5.92 Å². The topological polar surface area (TPSA) is 52.0 Å². The van der Waals surface area contributed by atoms with Crippen molar-refractivity contribution in [1.29, 1.82) is 0 Å². The van der Waals surface area contributed by atoms with Crippen LogP contribution in [0.3, 0.4) is 0 Å². The molecule has 7 heteroatoms. The lowest BCUT2D eigenvalue weighted by Crippen LogP contribution is -2.07. The molecule has 1 aliphatic carbocycles. The second-order valence-electron chi connectivity index (χ2n) is 5.50. The molecule has 0 spiro atoms. The number of aromatic nitrogens is 2. The van der Waals surface area contributed by atoms with Gasteiger partial charge >= 0.3 is 0 Å². The summed E-state index contributed by atoms with van der Waals surface area (Å²) in [5, 5.41) is 4.56. The van der Waals surface area contributed by atoms with Gasteiger partial charge in [-0.25, -0.2) is 8.42 Å². The van der Waals surface area contributed by atoms with E-state index in [1.54, 1.807) is 4.68 Å². The fourth-order valence-corrected chi connectivity index (χ4v) is 4.45. The first-order valence-electron chi connectivity index (χ1n) is 6.51. The van der Waals surface area contributed by atoms with Gasteiger partial charge in [0, 0.05) is 23.1 Å². The smallest absolute Gasteiger partial charge is 0.252 e. The van der Waals surface area contributed by atoms with Crippen LogP contribution in [0.15, 0.2) is 4.90 Å². The predicted octanol–water partition coefficient (Wildman–Crippen LogP) is 3.78. The van der Waals surface area contributed by atoms with Gasteiger partial charge in [-0.05, 0) is 18.8 Å². The van der Waals surface area contributed by atoms with Crippen LogP contribution in [-0.4, -0.2) is 18.2 Å². The highest BCUT2D eigenvalue weighted by atomic mass is 35.7. The zero-order chi connectivity index (χ0) is 14.2. The lowest BCUT2D eigenvalue weighted by molar-refractivity contribution is 0.476. The Balaban J connectivity index is 2.51. The van der Waals surface area contributed by atoms with E-state index >= 15 is 0 Å². The van der Waals surface area contributed by atoms with E-state index in [9.17, 15) is 8.42 Å². The van der Waals surface area contributed by atoms with Gasteiger partial charge in [0.1, 0.15) is 10.0 Å². The average Bonchev–Trinajstić information content (AvgIpc) is 2.85. The third kappa shape index (κ3) is 3.26. The van der Waals surface area contributed by atoms with Gasteiger partial charge < -0.3 is 0 Å². The van der Waals surface area contributed by atoms with Gasteiger partial charge in [-0.15, -0.1) is 0 Å². The minimum absolute atomic E-state index is 0.0170. The quantitative estimate of drug-likeness (QED) is 0.792. The van der Waals surface area contributed by atoms with Crippen LogP contribution in [0.2, 0.25) is 5.15 Å². The van der Waals surface area contributed by atoms with E-state index in [0.717, 1.165) is 25.7 Å². The molecule has 1 aromatic rings. The molecule has 0 bridgehead atoms. The van der Waals surface area contributed by atoms with Crippen LogP contribution in [0, 0.1) is 5.92 Å². The van der Waals surface area contributed by atoms with Crippen molar-refractivity contribution >= 4 is 31.3 Å². The number of hydrogen-bond donors (Lipinski definition) is 0. The van der Waals surface area contributed by atoms with Crippen LogP contribution in [0.1, 0.15) is 51.1 Å². The molecule has 0 atom stereocenters. The summed E-state index contributed by atoms with van der Waals surface area (Å²) < 4.78 is 25.1. The molecular weight excluding hydrogens is 307 g/mol. The van der Waals surface area contributed by atoms with E-state index in [4.69, 9.17) is 22.3 Å². The Morgan fingerprint density at radius 1 is 1.37 bits per heavy atom. The van der Waals surface area contributed by atoms with E-state index in [2.05, 4.69) is 5.10 Å². The van der Waals surface area contributed by atoms with Crippen molar-refractivity contribution < 1.29 is 8.42 Å². The van der Waals surface area contributed by atoms with Crippen molar-refractivity contribution in [2.75, 3.05) is 0 Å². The number of nitrogens with zero attached hydrogens (tertiary/aromatic N) is 2.